The number of carbonyl (C=O) groups excluding carboxylic acids is 2. The van der Waals surface area contributed by atoms with Crippen molar-refractivity contribution in [3.05, 3.63) is 30.1 Å². The summed E-state index contributed by atoms with van der Waals surface area (Å²) in [5.41, 5.74) is 1.15. The van der Waals surface area contributed by atoms with Gasteiger partial charge in [-0.2, -0.15) is 0 Å². The van der Waals surface area contributed by atoms with Crippen LogP contribution in [0.1, 0.15) is 25.3 Å². The summed E-state index contributed by atoms with van der Waals surface area (Å²) in [4.78, 5) is 28.8. The molecule has 0 spiro atoms. The third-order valence-corrected chi connectivity index (χ3v) is 3.21. The van der Waals surface area contributed by atoms with E-state index < -0.39 is 12.1 Å². The highest BCUT2D eigenvalue weighted by atomic mass is 16.5. The molecule has 0 radical (unpaired) electrons. The first-order valence-corrected chi connectivity index (χ1v) is 6.52. The number of nitrogens with zero attached hydrogens (tertiary/aromatic N) is 2. The van der Waals surface area contributed by atoms with E-state index >= 15 is 0 Å². The number of ether oxygens (including phenoxy) is 1. The van der Waals surface area contributed by atoms with Gasteiger partial charge in [0.05, 0.1) is 0 Å². The summed E-state index contributed by atoms with van der Waals surface area (Å²) in [5, 5.41) is 0. The van der Waals surface area contributed by atoms with Crippen LogP contribution in [0.5, 0.6) is 0 Å². The molecule has 0 aromatic carbocycles. The van der Waals surface area contributed by atoms with Gasteiger partial charge in [0, 0.05) is 32.4 Å². The molecule has 0 saturated carbocycles. The lowest BCUT2D eigenvalue weighted by atomic mass is 10.1. The zero-order chi connectivity index (χ0) is 13.7. The zero-order valence-electron chi connectivity index (χ0n) is 11.0. The van der Waals surface area contributed by atoms with Crippen molar-refractivity contribution in [3.8, 4) is 0 Å². The Kier molecular flexibility index (Phi) is 4.49. The van der Waals surface area contributed by atoms with Gasteiger partial charge in [0.1, 0.15) is 0 Å². The lowest BCUT2D eigenvalue weighted by Crippen LogP contribution is -2.46. The van der Waals surface area contributed by atoms with E-state index in [9.17, 15) is 9.59 Å². The highest BCUT2D eigenvalue weighted by Gasteiger charge is 2.30. The average molecular weight is 262 g/mol. The maximum absolute atomic E-state index is 12.1. The summed E-state index contributed by atoms with van der Waals surface area (Å²) in [7, 11) is 0. The number of esters is 1. The zero-order valence-corrected chi connectivity index (χ0v) is 11.0. The standard InChI is InChI=1S/C14H18N2O3/c1-11(17)19-13-3-2-9-16(14(13)18)10-6-12-4-7-15-8-5-12/h4-5,7-8,13H,2-3,6,9-10H2,1H3. The Morgan fingerprint density at radius 3 is 2.89 bits per heavy atom. The van der Waals surface area contributed by atoms with Crippen LogP contribution < -0.4 is 0 Å². The first kappa shape index (κ1) is 13.5. The molecule has 5 heteroatoms. The van der Waals surface area contributed by atoms with Crippen LogP contribution in [0.2, 0.25) is 0 Å². The Hall–Kier alpha value is -1.91. The third-order valence-electron chi connectivity index (χ3n) is 3.21. The second kappa shape index (κ2) is 6.31. The molecule has 0 N–H and O–H groups in total. The smallest absolute Gasteiger partial charge is 0.303 e. The topological polar surface area (TPSA) is 59.5 Å². The molecule has 0 aliphatic carbocycles. The third kappa shape index (κ3) is 3.77. The van der Waals surface area contributed by atoms with Gasteiger partial charge < -0.3 is 9.64 Å². The second-order valence-corrected chi connectivity index (χ2v) is 4.67. The molecule has 2 rings (SSSR count). The summed E-state index contributed by atoms with van der Waals surface area (Å²) >= 11 is 0. The van der Waals surface area contributed by atoms with Gasteiger partial charge in [-0.15, -0.1) is 0 Å². The minimum absolute atomic E-state index is 0.0736. The van der Waals surface area contributed by atoms with Crippen molar-refractivity contribution in [1.82, 2.24) is 9.88 Å². The number of hydrogen-bond acceptors (Lipinski definition) is 4. The van der Waals surface area contributed by atoms with Gasteiger partial charge in [-0.05, 0) is 37.0 Å². The van der Waals surface area contributed by atoms with Crippen LogP contribution in [0, 0.1) is 0 Å². The molecule has 1 atom stereocenters. The van der Waals surface area contributed by atoms with E-state index in [4.69, 9.17) is 4.74 Å². The van der Waals surface area contributed by atoms with E-state index in [-0.39, 0.29) is 5.91 Å². The van der Waals surface area contributed by atoms with Gasteiger partial charge in [-0.3, -0.25) is 14.6 Å². The molecule has 1 aliphatic heterocycles. The van der Waals surface area contributed by atoms with E-state index in [1.807, 2.05) is 12.1 Å². The number of aromatic nitrogens is 1. The molecule has 5 nitrogen and oxygen atoms in total. The lowest BCUT2D eigenvalue weighted by molar-refractivity contribution is -0.161. The van der Waals surface area contributed by atoms with Crippen LogP contribution in [-0.2, 0) is 20.7 Å². The van der Waals surface area contributed by atoms with Gasteiger partial charge in [0.25, 0.3) is 5.91 Å². The SMILES string of the molecule is CC(=O)OC1CCCN(CCc2ccncc2)C1=O. The summed E-state index contributed by atoms with van der Waals surface area (Å²) in [5.74, 6) is -0.468. The molecule has 1 fully saturated rings. The van der Waals surface area contributed by atoms with E-state index in [2.05, 4.69) is 4.98 Å². The van der Waals surface area contributed by atoms with Gasteiger partial charge in [-0.1, -0.05) is 0 Å². The highest BCUT2D eigenvalue weighted by Crippen LogP contribution is 2.15. The second-order valence-electron chi connectivity index (χ2n) is 4.67. The molecule has 0 bridgehead atoms. The highest BCUT2D eigenvalue weighted by molar-refractivity contribution is 5.84. The monoisotopic (exact) mass is 262 g/mol. The van der Waals surface area contributed by atoms with Crippen molar-refractivity contribution < 1.29 is 14.3 Å². The quantitative estimate of drug-likeness (QED) is 0.764. The fourth-order valence-corrected chi connectivity index (χ4v) is 2.25. The fraction of sp³-hybridized carbons (Fsp3) is 0.500. The normalized spacial score (nSPS) is 19.3. The van der Waals surface area contributed by atoms with Crippen molar-refractivity contribution in [2.75, 3.05) is 13.1 Å². The van der Waals surface area contributed by atoms with E-state index in [0.717, 1.165) is 24.9 Å². The Balaban J connectivity index is 1.89. The molecule has 1 aromatic heterocycles. The van der Waals surface area contributed by atoms with Gasteiger partial charge >= 0.3 is 5.97 Å². The lowest BCUT2D eigenvalue weighted by Gasteiger charge is -2.31. The molecule has 1 amide bonds. The molecule has 19 heavy (non-hydrogen) atoms. The van der Waals surface area contributed by atoms with Crippen LogP contribution in [0.25, 0.3) is 0 Å². The molecule has 102 valence electrons. The number of hydrogen-bond donors (Lipinski definition) is 0. The van der Waals surface area contributed by atoms with Crippen LogP contribution in [-0.4, -0.2) is 41.0 Å². The molecule has 1 unspecified atom stereocenters. The van der Waals surface area contributed by atoms with Crippen molar-refractivity contribution >= 4 is 11.9 Å². The Labute approximate surface area is 112 Å². The van der Waals surface area contributed by atoms with E-state index in [1.54, 1.807) is 17.3 Å². The number of pyridine rings is 1. The molecule has 2 heterocycles. The van der Waals surface area contributed by atoms with Crippen molar-refractivity contribution in [2.45, 2.75) is 32.3 Å². The van der Waals surface area contributed by atoms with Crippen LogP contribution >= 0.6 is 0 Å². The van der Waals surface area contributed by atoms with Crippen molar-refractivity contribution in [1.29, 1.82) is 0 Å². The number of rotatable bonds is 4. The molecule has 1 aliphatic rings. The van der Waals surface area contributed by atoms with Gasteiger partial charge in [0.2, 0.25) is 0 Å². The summed E-state index contributed by atoms with van der Waals surface area (Å²) in [6.45, 7) is 2.73. The predicted molar refractivity (Wildman–Crippen MR) is 69.3 cm³/mol. The minimum Gasteiger partial charge on any atom is -0.452 e. The maximum Gasteiger partial charge on any atom is 0.303 e. The van der Waals surface area contributed by atoms with E-state index in [0.29, 0.717) is 13.0 Å². The van der Waals surface area contributed by atoms with Crippen LogP contribution in [0.15, 0.2) is 24.5 Å². The molecular formula is C14H18N2O3. The molecule has 1 aromatic rings. The largest absolute Gasteiger partial charge is 0.452 e. The van der Waals surface area contributed by atoms with Gasteiger partial charge in [-0.25, -0.2) is 0 Å². The summed E-state index contributed by atoms with van der Waals surface area (Å²) in [6.07, 6.45) is 5.19. The number of amides is 1. The van der Waals surface area contributed by atoms with Gasteiger partial charge in [0.15, 0.2) is 6.10 Å². The first-order chi connectivity index (χ1) is 9.16. The van der Waals surface area contributed by atoms with Crippen LogP contribution in [0.3, 0.4) is 0 Å². The van der Waals surface area contributed by atoms with Crippen molar-refractivity contribution in [3.63, 3.8) is 0 Å². The van der Waals surface area contributed by atoms with Crippen LogP contribution in [0.4, 0.5) is 0 Å². The number of piperidine rings is 1. The number of carbonyl (C=O) groups is 2. The van der Waals surface area contributed by atoms with E-state index in [1.165, 1.54) is 6.92 Å². The molecule has 1 saturated heterocycles. The fourth-order valence-electron chi connectivity index (χ4n) is 2.25. The Morgan fingerprint density at radius 2 is 2.21 bits per heavy atom. The summed E-state index contributed by atoms with van der Waals surface area (Å²) < 4.78 is 5.05. The summed E-state index contributed by atoms with van der Waals surface area (Å²) in [6, 6.07) is 3.88. The van der Waals surface area contributed by atoms with Crippen molar-refractivity contribution in [2.24, 2.45) is 0 Å². The predicted octanol–water partition coefficient (Wildman–Crippen LogP) is 1.18. The number of likely N-dealkylation sites (tertiary alicyclic amines) is 1. The average Bonchev–Trinajstić information content (AvgIpc) is 2.40. The minimum atomic E-state index is -0.594. The molecular weight excluding hydrogens is 244 g/mol. The first-order valence-electron chi connectivity index (χ1n) is 6.52. The maximum atomic E-state index is 12.1. The Morgan fingerprint density at radius 1 is 1.47 bits per heavy atom. The Bertz CT molecular complexity index is 447.